The van der Waals surface area contributed by atoms with Crippen molar-refractivity contribution in [2.24, 2.45) is 0 Å². The van der Waals surface area contributed by atoms with Crippen LogP contribution in [0.25, 0.3) is 11.0 Å². The Morgan fingerprint density at radius 1 is 1.14 bits per heavy atom. The zero-order valence-corrected chi connectivity index (χ0v) is 14.2. The number of furan rings is 1. The maximum Gasteiger partial charge on any atom is 0.289 e. The van der Waals surface area contributed by atoms with Crippen LogP contribution in [0.5, 0.6) is 0 Å². The van der Waals surface area contributed by atoms with Crippen molar-refractivity contribution in [2.75, 3.05) is 26.2 Å². The van der Waals surface area contributed by atoms with Crippen molar-refractivity contribution in [3.63, 3.8) is 0 Å². The molecule has 4 nitrogen and oxygen atoms in total. The lowest BCUT2D eigenvalue weighted by molar-refractivity contribution is 0.0736. The first-order valence-corrected chi connectivity index (χ1v) is 7.59. The van der Waals surface area contributed by atoms with Crippen LogP contribution in [0.4, 0.5) is 0 Å². The fraction of sp³-hybridized carbons (Fsp3) is 0.471. The van der Waals surface area contributed by atoms with Crippen LogP contribution in [0.2, 0.25) is 0 Å². The summed E-state index contributed by atoms with van der Waals surface area (Å²) < 4.78 is 5.95. The molecule has 1 aliphatic rings. The molecular formula is C17H23ClN2O2. The molecule has 0 bridgehead atoms. The van der Waals surface area contributed by atoms with Crippen LogP contribution >= 0.6 is 12.4 Å². The van der Waals surface area contributed by atoms with Crippen molar-refractivity contribution in [1.82, 2.24) is 10.2 Å². The third-order valence-corrected chi connectivity index (χ3v) is 4.30. The van der Waals surface area contributed by atoms with E-state index < -0.39 is 0 Å². The Kier molecular flexibility index (Phi) is 5.14. The number of nitrogens with one attached hydrogen (secondary N) is 1. The fourth-order valence-electron chi connectivity index (χ4n) is 3.07. The summed E-state index contributed by atoms with van der Waals surface area (Å²) in [7, 11) is 0. The van der Waals surface area contributed by atoms with Gasteiger partial charge in [-0.2, -0.15) is 0 Å². The topological polar surface area (TPSA) is 45.5 Å². The lowest BCUT2D eigenvalue weighted by Crippen LogP contribution is -2.34. The number of rotatable bonds is 1. The molecule has 22 heavy (non-hydrogen) atoms. The van der Waals surface area contributed by atoms with E-state index >= 15 is 0 Å². The van der Waals surface area contributed by atoms with Crippen LogP contribution in [0, 0.1) is 20.8 Å². The van der Waals surface area contributed by atoms with E-state index in [2.05, 4.69) is 18.3 Å². The highest BCUT2D eigenvalue weighted by Crippen LogP contribution is 2.31. The van der Waals surface area contributed by atoms with Gasteiger partial charge >= 0.3 is 0 Å². The third kappa shape index (κ3) is 2.85. The minimum atomic E-state index is 0. The monoisotopic (exact) mass is 322 g/mol. The zero-order chi connectivity index (χ0) is 15.0. The predicted octanol–water partition coefficient (Wildman–Crippen LogP) is 3.22. The number of benzene rings is 1. The highest BCUT2D eigenvalue weighted by atomic mass is 35.5. The molecule has 1 N–H and O–H groups in total. The van der Waals surface area contributed by atoms with Gasteiger partial charge in [-0.15, -0.1) is 12.4 Å². The SMILES string of the molecule is Cc1ccc(C)c2c(C)c(C(=O)N3CCCNCC3)oc12.Cl. The second-order valence-corrected chi connectivity index (χ2v) is 5.86. The molecule has 2 heterocycles. The van der Waals surface area contributed by atoms with Crippen molar-refractivity contribution in [2.45, 2.75) is 27.2 Å². The molecule has 3 rings (SSSR count). The molecule has 2 aromatic rings. The molecule has 0 unspecified atom stereocenters. The molecule has 120 valence electrons. The van der Waals surface area contributed by atoms with E-state index in [-0.39, 0.29) is 18.3 Å². The van der Waals surface area contributed by atoms with Crippen LogP contribution in [-0.4, -0.2) is 37.0 Å². The number of hydrogen-bond donors (Lipinski definition) is 1. The molecule has 5 heteroatoms. The van der Waals surface area contributed by atoms with Crippen molar-refractivity contribution in [3.05, 3.63) is 34.6 Å². The van der Waals surface area contributed by atoms with Crippen LogP contribution < -0.4 is 5.32 Å². The average molecular weight is 323 g/mol. The number of carbonyl (C=O) groups excluding carboxylic acids is 1. The van der Waals surface area contributed by atoms with Gasteiger partial charge in [-0.1, -0.05) is 12.1 Å². The predicted molar refractivity (Wildman–Crippen MR) is 91.1 cm³/mol. The average Bonchev–Trinajstić information content (AvgIpc) is 2.66. The number of aryl methyl sites for hydroxylation is 3. The van der Waals surface area contributed by atoms with Gasteiger partial charge in [0.2, 0.25) is 0 Å². The van der Waals surface area contributed by atoms with E-state index in [1.165, 1.54) is 0 Å². The van der Waals surface area contributed by atoms with E-state index in [4.69, 9.17) is 4.42 Å². The summed E-state index contributed by atoms with van der Waals surface area (Å²) in [6, 6.07) is 4.13. The molecule has 0 atom stereocenters. The van der Waals surface area contributed by atoms with Crippen molar-refractivity contribution in [1.29, 1.82) is 0 Å². The molecule has 0 spiro atoms. The van der Waals surface area contributed by atoms with E-state index in [0.717, 1.165) is 60.3 Å². The Balaban J connectivity index is 0.00000176. The van der Waals surface area contributed by atoms with Gasteiger partial charge in [-0.05, 0) is 44.9 Å². The first-order chi connectivity index (χ1) is 10.1. The Labute approximate surface area is 137 Å². The van der Waals surface area contributed by atoms with Crippen LogP contribution in [0.15, 0.2) is 16.5 Å². The highest BCUT2D eigenvalue weighted by molar-refractivity contribution is 6.00. The summed E-state index contributed by atoms with van der Waals surface area (Å²) in [4.78, 5) is 14.7. The minimum Gasteiger partial charge on any atom is -0.450 e. The molecular weight excluding hydrogens is 300 g/mol. The Morgan fingerprint density at radius 3 is 2.59 bits per heavy atom. The van der Waals surface area contributed by atoms with Crippen molar-refractivity contribution < 1.29 is 9.21 Å². The normalized spacial score (nSPS) is 15.5. The van der Waals surface area contributed by atoms with Gasteiger partial charge in [0.1, 0.15) is 5.58 Å². The van der Waals surface area contributed by atoms with Crippen molar-refractivity contribution >= 4 is 29.3 Å². The van der Waals surface area contributed by atoms with Crippen LogP contribution in [-0.2, 0) is 0 Å². The summed E-state index contributed by atoms with van der Waals surface area (Å²) in [5.74, 6) is 0.524. The number of amides is 1. The summed E-state index contributed by atoms with van der Waals surface area (Å²) in [5.41, 5.74) is 4.06. The Bertz CT molecular complexity index is 686. The van der Waals surface area contributed by atoms with Gasteiger partial charge < -0.3 is 14.6 Å². The quantitative estimate of drug-likeness (QED) is 0.877. The number of halogens is 1. The molecule has 1 aromatic heterocycles. The Morgan fingerprint density at radius 2 is 1.86 bits per heavy atom. The number of nitrogens with zero attached hydrogens (tertiary/aromatic N) is 1. The van der Waals surface area contributed by atoms with E-state index in [0.29, 0.717) is 5.76 Å². The van der Waals surface area contributed by atoms with E-state index in [1.54, 1.807) is 0 Å². The number of fused-ring (bicyclic) bond motifs is 1. The Hall–Kier alpha value is -1.52. The van der Waals surface area contributed by atoms with Gasteiger partial charge in [0.25, 0.3) is 5.91 Å². The minimum absolute atomic E-state index is 0. The van der Waals surface area contributed by atoms with Crippen LogP contribution in [0.1, 0.15) is 33.7 Å². The third-order valence-electron chi connectivity index (χ3n) is 4.30. The highest BCUT2D eigenvalue weighted by Gasteiger charge is 2.24. The summed E-state index contributed by atoms with van der Waals surface area (Å²) in [5, 5.41) is 4.41. The molecule has 1 aliphatic heterocycles. The molecule has 1 saturated heterocycles. The summed E-state index contributed by atoms with van der Waals surface area (Å²) >= 11 is 0. The molecule has 1 fully saturated rings. The lowest BCUT2D eigenvalue weighted by atomic mass is 10.0. The van der Waals surface area contributed by atoms with Gasteiger partial charge in [0, 0.05) is 30.6 Å². The zero-order valence-electron chi connectivity index (χ0n) is 13.4. The molecule has 0 aliphatic carbocycles. The maximum atomic E-state index is 12.8. The number of hydrogen-bond acceptors (Lipinski definition) is 3. The summed E-state index contributed by atoms with van der Waals surface area (Å²) in [6.07, 6.45) is 0.989. The van der Waals surface area contributed by atoms with Gasteiger partial charge in [-0.25, -0.2) is 0 Å². The van der Waals surface area contributed by atoms with Crippen LogP contribution in [0.3, 0.4) is 0 Å². The van der Waals surface area contributed by atoms with Gasteiger partial charge in [0.15, 0.2) is 5.76 Å². The van der Waals surface area contributed by atoms with Gasteiger partial charge in [0.05, 0.1) is 0 Å². The van der Waals surface area contributed by atoms with E-state index in [9.17, 15) is 4.79 Å². The maximum absolute atomic E-state index is 12.8. The fourth-order valence-corrected chi connectivity index (χ4v) is 3.07. The van der Waals surface area contributed by atoms with E-state index in [1.807, 2.05) is 24.8 Å². The standard InChI is InChI=1S/C17H22N2O2.ClH/c1-11-5-6-12(2)15-14(11)13(3)16(21-15)17(20)19-9-4-7-18-8-10-19;/h5-6,18H,4,7-10H2,1-3H3;1H. The molecule has 0 radical (unpaired) electrons. The molecule has 1 aromatic carbocycles. The lowest BCUT2D eigenvalue weighted by Gasteiger charge is -2.18. The summed E-state index contributed by atoms with van der Waals surface area (Å²) in [6.45, 7) is 9.43. The second-order valence-electron chi connectivity index (χ2n) is 5.86. The smallest absolute Gasteiger partial charge is 0.289 e. The van der Waals surface area contributed by atoms with Gasteiger partial charge in [-0.3, -0.25) is 4.79 Å². The van der Waals surface area contributed by atoms with Crippen molar-refractivity contribution in [3.8, 4) is 0 Å². The second kappa shape index (κ2) is 6.71. The first-order valence-electron chi connectivity index (χ1n) is 7.59. The number of carbonyl (C=O) groups is 1. The first kappa shape index (κ1) is 16.8. The molecule has 1 amide bonds. The largest absolute Gasteiger partial charge is 0.450 e. The molecule has 0 saturated carbocycles.